The van der Waals surface area contributed by atoms with Crippen LogP contribution in [-0.2, 0) is 0 Å². The van der Waals surface area contributed by atoms with Gasteiger partial charge in [-0.15, -0.1) is 0 Å². The molecule has 2 aromatic rings. The Hall–Kier alpha value is -1.58. The van der Waals surface area contributed by atoms with Gasteiger partial charge in [-0.25, -0.2) is 0 Å². The Morgan fingerprint density at radius 1 is 1.06 bits per heavy atom. The minimum absolute atomic E-state index is 0.0100. The third-order valence-electron chi connectivity index (χ3n) is 2.65. The van der Waals surface area contributed by atoms with Crippen LogP contribution in [-0.4, -0.2) is 4.92 Å². The van der Waals surface area contributed by atoms with E-state index >= 15 is 0 Å². The predicted molar refractivity (Wildman–Crippen MR) is 73.3 cm³/mol. The molecule has 0 radical (unpaired) electrons. The molecule has 3 nitrogen and oxygen atoms in total. The van der Waals surface area contributed by atoms with E-state index in [-0.39, 0.29) is 5.69 Å². The van der Waals surface area contributed by atoms with Crippen molar-refractivity contribution in [2.45, 2.75) is 6.92 Å². The molecule has 0 saturated carbocycles. The molecule has 2 rings (SSSR count). The highest BCUT2D eigenvalue weighted by atomic mass is 35.5. The Morgan fingerprint density at radius 3 is 2.33 bits per heavy atom. The Morgan fingerprint density at radius 2 is 1.72 bits per heavy atom. The number of nitrogens with zero attached hydrogens (tertiary/aromatic N) is 1. The molecule has 0 unspecified atom stereocenters. The molecule has 92 valence electrons. The largest absolute Gasteiger partial charge is 0.273 e. The summed E-state index contributed by atoms with van der Waals surface area (Å²) in [5, 5.41) is 11.7. The van der Waals surface area contributed by atoms with E-state index in [1.54, 1.807) is 19.1 Å². The average molecular weight is 282 g/mol. The number of rotatable bonds is 2. The van der Waals surface area contributed by atoms with E-state index in [0.29, 0.717) is 21.2 Å². The summed E-state index contributed by atoms with van der Waals surface area (Å²) in [5.41, 5.74) is 2.03. The molecule has 0 fully saturated rings. The summed E-state index contributed by atoms with van der Waals surface area (Å²) >= 11 is 12.2. The van der Waals surface area contributed by atoms with Crippen LogP contribution in [0.2, 0.25) is 10.0 Å². The molecule has 0 amide bonds. The maximum absolute atomic E-state index is 10.8. The van der Waals surface area contributed by atoms with Gasteiger partial charge in [0, 0.05) is 27.8 Å². The van der Waals surface area contributed by atoms with Crippen LogP contribution in [0.25, 0.3) is 11.1 Å². The first-order valence-electron chi connectivity index (χ1n) is 5.20. The Kier molecular flexibility index (Phi) is 3.55. The van der Waals surface area contributed by atoms with Crippen LogP contribution in [0, 0.1) is 17.0 Å². The first kappa shape index (κ1) is 12.9. The zero-order valence-electron chi connectivity index (χ0n) is 9.48. The van der Waals surface area contributed by atoms with Crippen molar-refractivity contribution in [3.63, 3.8) is 0 Å². The Labute approximate surface area is 114 Å². The number of benzene rings is 2. The molecule has 0 spiro atoms. The van der Waals surface area contributed by atoms with Crippen LogP contribution in [0.4, 0.5) is 5.69 Å². The van der Waals surface area contributed by atoms with Gasteiger partial charge in [-0.1, -0.05) is 41.4 Å². The highest BCUT2D eigenvalue weighted by Gasteiger charge is 2.16. The van der Waals surface area contributed by atoms with Gasteiger partial charge in [0.15, 0.2) is 0 Å². The summed E-state index contributed by atoms with van der Waals surface area (Å²) in [5.74, 6) is 0. The van der Waals surface area contributed by atoms with Crippen LogP contribution in [0.3, 0.4) is 0 Å². The molecular formula is C13H9Cl2NO2. The molecule has 0 atom stereocenters. The lowest BCUT2D eigenvalue weighted by molar-refractivity contribution is -0.385. The van der Waals surface area contributed by atoms with Crippen LogP contribution in [0.1, 0.15) is 5.56 Å². The third kappa shape index (κ3) is 2.33. The molecule has 0 heterocycles. The fourth-order valence-electron chi connectivity index (χ4n) is 1.75. The molecular weight excluding hydrogens is 273 g/mol. The SMILES string of the molecule is Cc1cc(-c2ccccc2Cl)c(Cl)cc1[N+](=O)[O-]. The van der Waals surface area contributed by atoms with Gasteiger partial charge in [-0.05, 0) is 19.1 Å². The number of nitro groups is 1. The number of nitro benzene ring substituents is 1. The van der Waals surface area contributed by atoms with Crippen molar-refractivity contribution in [3.05, 3.63) is 62.1 Å². The van der Waals surface area contributed by atoms with E-state index < -0.39 is 4.92 Å². The second kappa shape index (κ2) is 4.96. The molecule has 0 aromatic heterocycles. The lowest BCUT2D eigenvalue weighted by Crippen LogP contribution is -1.93. The fraction of sp³-hybridized carbons (Fsp3) is 0.0769. The van der Waals surface area contributed by atoms with Crippen LogP contribution in [0.15, 0.2) is 36.4 Å². The van der Waals surface area contributed by atoms with Gasteiger partial charge in [0.1, 0.15) is 0 Å². The summed E-state index contributed by atoms with van der Waals surface area (Å²) in [6, 6.07) is 10.3. The lowest BCUT2D eigenvalue weighted by Gasteiger charge is -2.08. The Balaban J connectivity index is 2.64. The van der Waals surface area contributed by atoms with Crippen LogP contribution >= 0.6 is 23.2 Å². The van der Waals surface area contributed by atoms with Crippen molar-refractivity contribution in [1.29, 1.82) is 0 Å². The van der Waals surface area contributed by atoms with Crippen LogP contribution in [0.5, 0.6) is 0 Å². The van der Waals surface area contributed by atoms with E-state index in [1.807, 2.05) is 18.2 Å². The van der Waals surface area contributed by atoms with Gasteiger partial charge in [-0.2, -0.15) is 0 Å². The standard InChI is InChI=1S/C13H9Cl2NO2/c1-8-6-10(9-4-2-3-5-11(9)14)12(15)7-13(8)16(17)18/h2-7H,1H3. The molecule has 0 aliphatic rings. The monoisotopic (exact) mass is 281 g/mol. The normalized spacial score (nSPS) is 10.4. The van der Waals surface area contributed by atoms with E-state index in [2.05, 4.69) is 0 Å². The molecule has 0 N–H and O–H groups in total. The first-order chi connectivity index (χ1) is 8.50. The van der Waals surface area contributed by atoms with E-state index in [1.165, 1.54) is 6.07 Å². The molecule has 2 aromatic carbocycles. The molecule has 0 aliphatic carbocycles. The molecule has 0 saturated heterocycles. The fourth-order valence-corrected chi connectivity index (χ4v) is 2.25. The molecule has 18 heavy (non-hydrogen) atoms. The van der Waals surface area contributed by atoms with Gasteiger partial charge in [0.25, 0.3) is 5.69 Å². The summed E-state index contributed by atoms with van der Waals surface area (Å²) in [7, 11) is 0. The van der Waals surface area contributed by atoms with Crippen molar-refractivity contribution in [2.24, 2.45) is 0 Å². The van der Waals surface area contributed by atoms with E-state index in [4.69, 9.17) is 23.2 Å². The van der Waals surface area contributed by atoms with E-state index in [9.17, 15) is 10.1 Å². The highest BCUT2D eigenvalue weighted by molar-refractivity contribution is 6.36. The maximum atomic E-state index is 10.8. The molecule has 0 aliphatic heterocycles. The van der Waals surface area contributed by atoms with Crippen molar-refractivity contribution < 1.29 is 4.92 Å². The van der Waals surface area contributed by atoms with Gasteiger partial charge < -0.3 is 0 Å². The number of halogens is 2. The maximum Gasteiger partial charge on any atom is 0.273 e. The smallest absolute Gasteiger partial charge is 0.258 e. The minimum Gasteiger partial charge on any atom is -0.258 e. The zero-order chi connectivity index (χ0) is 13.3. The topological polar surface area (TPSA) is 43.1 Å². The summed E-state index contributed by atoms with van der Waals surface area (Å²) in [6.45, 7) is 1.68. The number of aryl methyl sites for hydroxylation is 1. The average Bonchev–Trinajstić information content (AvgIpc) is 2.32. The van der Waals surface area contributed by atoms with Crippen molar-refractivity contribution >= 4 is 28.9 Å². The van der Waals surface area contributed by atoms with Gasteiger partial charge in [0.2, 0.25) is 0 Å². The summed E-state index contributed by atoms with van der Waals surface area (Å²) < 4.78 is 0. The van der Waals surface area contributed by atoms with Gasteiger partial charge >= 0.3 is 0 Å². The second-order valence-corrected chi connectivity index (χ2v) is 4.67. The predicted octanol–water partition coefficient (Wildman–Crippen LogP) is 4.88. The van der Waals surface area contributed by atoms with Crippen molar-refractivity contribution in [2.75, 3.05) is 0 Å². The molecule has 5 heteroatoms. The zero-order valence-corrected chi connectivity index (χ0v) is 11.0. The lowest BCUT2D eigenvalue weighted by atomic mass is 10.0. The third-order valence-corrected chi connectivity index (χ3v) is 3.29. The quantitative estimate of drug-likeness (QED) is 0.582. The number of hydrogen-bond donors (Lipinski definition) is 0. The Bertz CT molecular complexity index is 626. The van der Waals surface area contributed by atoms with Crippen molar-refractivity contribution in [1.82, 2.24) is 0 Å². The minimum atomic E-state index is -0.447. The van der Waals surface area contributed by atoms with E-state index in [0.717, 1.165) is 5.56 Å². The summed E-state index contributed by atoms with van der Waals surface area (Å²) in [6.07, 6.45) is 0. The van der Waals surface area contributed by atoms with Gasteiger partial charge in [0.05, 0.1) is 9.95 Å². The second-order valence-electron chi connectivity index (χ2n) is 3.86. The van der Waals surface area contributed by atoms with Crippen LogP contribution < -0.4 is 0 Å². The first-order valence-corrected chi connectivity index (χ1v) is 5.95. The highest BCUT2D eigenvalue weighted by Crippen LogP contribution is 2.36. The van der Waals surface area contributed by atoms with Gasteiger partial charge in [-0.3, -0.25) is 10.1 Å². The molecule has 0 bridgehead atoms. The summed E-state index contributed by atoms with van der Waals surface area (Å²) in [4.78, 5) is 10.4. The number of hydrogen-bond acceptors (Lipinski definition) is 2. The van der Waals surface area contributed by atoms with Crippen molar-refractivity contribution in [3.8, 4) is 11.1 Å².